The van der Waals surface area contributed by atoms with Crippen molar-refractivity contribution in [1.29, 1.82) is 0 Å². The van der Waals surface area contributed by atoms with E-state index in [1.807, 2.05) is 6.07 Å². The zero-order chi connectivity index (χ0) is 16.9. The Hall–Kier alpha value is -1.89. The van der Waals surface area contributed by atoms with Crippen LogP contribution < -0.4 is 10.6 Å². The first-order valence-corrected chi connectivity index (χ1v) is 9.32. The van der Waals surface area contributed by atoms with Crippen LogP contribution in [-0.2, 0) is 22.4 Å². The lowest BCUT2D eigenvalue weighted by Gasteiger charge is -2.22. The van der Waals surface area contributed by atoms with Crippen molar-refractivity contribution in [3.05, 3.63) is 21.4 Å². The summed E-state index contributed by atoms with van der Waals surface area (Å²) in [6.07, 6.45) is 8.42. The van der Waals surface area contributed by atoms with E-state index in [1.165, 1.54) is 28.2 Å². The summed E-state index contributed by atoms with van der Waals surface area (Å²) in [6.45, 7) is -0.445. The molecule has 0 radical (unpaired) electrons. The molecule has 0 bridgehead atoms. The van der Waals surface area contributed by atoms with E-state index in [4.69, 9.17) is 4.74 Å². The zero-order valence-corrected chi connectivity index (χ0v) is 14.4. The van der Waals surface area contributed by atoms with Gasteiger partial charge in [-0.25, -0.2) is 9.59 Å². The van der Waals surface area contributed by atoms with Crippen molar-refractivity contribution in [3.8, 4) is 0 Å². The fourth-order valence-corrected chi connectivity index (χ4v) is 4.41. The van der Waals surface area contributed by atoms with Gasteiger partial charge in [0.25, 0.3) is 5.91 Å². The summed E-state index contributed by atoms with van der Waals surface area (Å²) >= 11 is 1.43. The van der Waals surface area contributed by atoms with Crippen LogP contribution in [0.1, 0.15) is 58.6 Å². The van der Waals surface area contributed by atoms with E-state index < -0.39 is 24.5 Å². The lowest BCUT2D eigenvalue weighted by atomic mass is 9.96. The fraction of sp³-hybridized carbons (Fsp3) is 0.588. The van der Waals surface area contributed by atoms with Gasteiger partial charge >= 0.3 is 12.0 Å². The molecule has 0 unspecified atom stereocenters. The maximum absolute atomic E-state index is 12.0. The molecule has 24 heavy (non-hydrogen) atoms. The van der Waals surface area contributed by atoms with Crippen LogP contribution in [0.4, 0.5) is 4.79 Å². The molecule has 1 fully saturated rings. The van der Waals surface area contributed by atoms with Crippen LogP contribution in [-0.4, -0.2) is 30.6 Å². The van der Waals surface area contributed by atoms with Gasteiger partial charge in [0.15, 0.2) is 6.61 Å². The molecular weight excluding hydrogens is 328 g/mol. The summed E-state index contributed by atoms with van der Waals surface area (Å²) in [5, 5.41) is 5.00. The lowest BCUT2D eigenvalue weighted by Crippen LogP contribution is -2.46. The van der Waals surface area contributed by atoms with E-state index in [0.717, 1.165) is 44.9 Å². The van der Waals surface area contributed by atoms with Crippen LogP contribution in [0.3, 0.4) is 0 Å². The first-order valence-electron chi connectivity index (χ1n) is 8.51. The SMILES string of the molecule is O=C(COC(=O)c1cc2c(s1)CCC2)NC(=O)NC1CCCCC1. The van der Waals surface area contributed by atoms with Gasteiger partial charge < -0.3 is 10.1 Å². The highest BCUT2D eigenvalue weighted by Gasteiger charge is 2.21. The third kappa shape index (κ3) is 4.35. The van der Waals surface area contributed by atoms with Gasteiger partial charge in [0.2, 0.25) is 0 Å². The van der Waals surface area contributed by atoms with Crippen molar-refractivity contribution in [2.24, 2.45) is 0 Å². The fourth-order valence-electron chi connectivity index (χ4n) is 3.26. The van der Waals surface area contributed by atoms with E-state index in [0.29, 0.717) is 4.88 Å². The van der Waals surface area contributed by atoms with Gasteiger partial charge in [0, 0.05) is 10.9 Å². The molecule has 3 amide bonds. The summed E-state index contributed by atoms with van der Waals surface area (Å²) < 4.78 is 5.00. The standard InChI is InChI=1S/C17H22N2O4S/c20-15(19-17(22)18-12-6-2-1-3-7-12)10-23-16(21)14-9-11-5-4-8-13(11)24-14/h9,12H,1-8,10H2,(H2,18,19,20,22). The number of urea groups is 1. The number of aryl methyl sites for hydroxylation is 2. The molecule has 2 N–H and O–H groups in total. The molecule has 0 atom stereocenters. The van der Waals surface area contributed by atoms with Crippen LogP contribution in [0.2, 0.25) is 0 Å². The number of fused-ring (bicyclic) bond motifs is 1. The highest BCUT2D eigenvalue weighted by molar-refractivity contribution is 7.14. The first-order chi connectivity index (χ1) is 11.6. The monoisotopic (exact) mass is 350 g/mol. The largest absolute Gasteiger partial charge is 0.451 e. The Labute approximate surface area is 145 Å². The molecule has 6 nitrogen and oxygen atoms in total. The number of carbonyl (C=O) groups excluding carboxylic acids is 3. The van der Waals surface area contributed by atoms with Gasteiger partial charge in [0.1, 0.15) is 4.88 Å². The maximum Gasteiger partial charge on any atom is 0.348 e. The maximum atomic E-state index is 12.0. The quantitative estimate of drug-likeness (QED) is 0.817. The van der Waals surface area contributed by atoms with Crippen molar-refractivity contribution in [3.63, 3.8) is 0 Å². The number of rotatable bonds is 4. The number of imide groups is 1. The van der Waals surface area contributed by atoms with Crippen LogP contribution >= 0.6 is 11.3 Å². The van der Waals surface area contributed by atoms with Crippen molar-refractivity contribution >= 4 is 29.2 Å². The van der Waals surface area contributed by atoms with Crippen LogP contribution in [0, 0.1) is 0 Å². The van der Waals surface area contributed by atoms with E-state index >= 15 is 0 Å². The van der Waals surface area contributed by atoms with Gasteiger partial charge in [-0.2, -0.15) is 0 Å². The molecule has 0 spiro atoms. The Balaban J connectivity index is 1.39. The number of hydrogen-bond donors (Lipinski definition) is 2. The molecule has 0 saturated heterocycles. The highest BCUT2D eigenvalue weighted by atomic mass is 32.1. The Morgan fingerprint density at radius 3 is 2.67 bits per heavy atom. The molecule has 1 aromatic rings. The van der Waals surface area contributed by atoms with Crippen LogP contribution in [0.5, 0.6) is 0 Å². The summed E-state index contributed by atoms with van der Waals surface area (Å²) in [5.74, 6) is -1.11. The summed E-state index contributed by atoms with van der Waals surface area (Å²) in [7, 11) is 0. The second kappa shape index (κ2) is 7.79. The number of hydrogen-bond acceptors (Lipinski definition) is 5. The molecule has 3 rings (SSSR count). The summed E-state index contributed by atoms with van der Waals surface area (Å²) in [4.78, 5) is 37.2. The number of amides is 3. The number of ether oxygens (including phenoxy) is 1. The molecule has 0 aromatic carbocycles. The third-order valence-electron chi connectivity index (χ3n) is 4.48. The molecule has 1 aromatic heterocycles. The first kappa shape index (κ1) is 17.0. The van der Waals surface area contributed by atoms with Crippen molar-refractivity contribution < 1.29 is 19.1 Å². The van der Waals surface area contributed by atoms with Crippen LogP contribution in [0.25, 0.3) is 0 Å². The normalized spacial score (nSPS) is 17.2. The smallest absolute Gasteiger partial charge is 0.348 e. The van der Waals surface area contributed by atoms with Crippen molar-refractivity contribution in [2.75, 3.05) is 6.61 Å². The van der Waals surface area contributed by atoms with Crippen molar-refractivity contribution in [2.45, 2.75) is 57.4 Å². The minimum Gasteiger partial charge on any atom is -0.451 e. The topological polar surface area (TPSA) is 84.5 Å². The van der Waals surface area contributed by atoms with E-state index in [2.05, 4.69) is 10.6 Å². The minimum absolute atomic E-state index is 0.127. The minimum atomic E-state index is -0.610. The number of thiophene rings is 1. The predicted octanol–water partition coefficient (Wildman–Crippen LogP) is 2.55. The molecule has 1 saturated carbocycles. The van der Waals surface area contributed by atoms with E-state index in [-0.39, 0.29) is 6.04 Å². The average molecular weight is 350 g/mol. The third-order valence-corrected chi connectivity index (χ3v) is 5.69. The Morgan fingerprint density at radius 1 is 1.12 bits per heavy atom. The summed E-state index contributed by atoms with van der Waals surface area (Å²) in [5.41, 5.74) is 1.21. The van der Waals surface area contributed by atoms with Gasteiger partial charge in [0.05, 0.1) is 0 Å². The lowest BCUT2D eigenvalue weighted by molar-refractivity contribution is -0.123. The molecule has 2 aliphatic carbocycles. The van der Waals surface area contributed by atoms with Gasteiger partial charge in [-0.3, -0.25) is 10.1 Å². The van der Waals surface area contributed by atoms with E-state index in [9.17, 15) is 14.4 Å². The molecule has 7 heteroatoms. The molecule has 2 aliphatic rings. The second-order valence-electron chi connectivity index (χ2n) is 6.35. The predicted molar refractivity (Wildman–Crippen MR) is 90.2 cm³/mol. The number of esters is 1. The van der Waals surface area contributed by atoms with Crippen LogP contribution in [0.15, 0.2) is 6.07 Å². The van der Waals surface area contributed by atoms with E-state index in [1.54, 1.807) is 0 Å². The Kier molecular flexibility index (Phi) is 5.50. The number of nitrogens with one attached hydrogen (secondary N) is 2. The summed E-state index contributed by atoms with van der Waals surface area (Å²) in [6, 6.07) is 1.46. The highest BCUT2D eigenvalue weighted by Crippen LogP contribution is 2.30. The van der Waals surface area contributed by atoms with Crippen molar-refractivity contribution in [1.82, 2.24) is 10.6 Å². The molecule has 1 heterocycles. The number of carbonyl (C=O) groups is 3. The van der Waals surface area contributed by atoms with Gasteiger partial charge in [-0.05, 0) is 43.7 Å². The van der Waals surface area contributed by atoms with Gasteiger partial charge in [-0.1, -0.05) is 19.3 Å². The molecular formula is C17H22N2O4S. The molecule has 0 aliphatic heterocycles. The second-order valence-corrected chi connectivity index (χ2v) is 7.48. The van der Waals surface area contributed by atoms with Gasteiger partial charge in [-0.15, -0.1) is 11.3 Å². The molecule has 130 valence electrons. The Bertz CT molecular complexity index is 613. The Morgan fingerprint density at radius 2 is 1.92 bits per heavy atom. The zero-order valence-electron chi connectivity index (χ0n) is 13.6. The average Bonchev–Trinajstić information content (AvgIpc) is 3.15.